The van der Waals surface area contributed by atoms with Gasteiger partial charge >= 0.3 is 0 Å². The van der Waals surface area contributed by atoms with Crippen LogP contribution in [0.15, 0.2) is 24.3 Å². The Labute approximate surface area is 178 Å². The van der Waals surface area contributed by atoms with Gasteiger partial charge in [-0.2, -0.15) is 5.10 Å². The molecule has 7 nitrogen and oxygen atoms in total. The van der Waals surface area contributed by atoms with Gasteiger partial charge in [0.1, 0.15) is 0 Å². The van der Waals surface area contributed by atoms with E-state index in [0.717, 1.165) is 36.2 Å². The van der Waals surface area contributed by atoms with Crippen molar-refractivity contribution in [2.45, 2.75) is 58.4 Å². The molecule has 1 aliphatic heterocycles. The van der Waals surface area contributed by atoms with Crippen molar-refractivity contribution in [2.24, 2.45) is 0 Å². The number of piperidine rings is 1. The quantitative estimate of drug-likeness (QED) is 0.764. The molecule has 1 N–H and O–H groups in total. The molecule has 30 heavy (non-hydrogen) atoms. The molecule has 1 aromatic carbocycles. The van der Waals surface area contributed by atoms with E-state index in [9.17, 15) is 13.2 Å². The summed E-state index contributed by atoms with van der Waals surface area (Å²) >= 11 is 0. The minimum atomic E-state index is -3.17. The fourth-order valence-electron chi connectivity index (χ4n) is 4.44. The molecule has 1 amide bonds. The van der Waals surface area contributed by atoms with E-state index >= 15 is 0 Å². The van der Waals surface area contributed by atoms with Gasteiger partial charge in [-0.15, -0.1) is 0 Å². The van der Waals surface area contributed by atoms with Crippen LogP contribution in [0.4, 0.5) is 0 Å². The summed E-state index contributed by atoms with van der Waals surface area (Å²) in [5.74, 6) is 0.0426. The molecular formula is C22H30N4O3S. The first-order valence-corrected chi connectivity index (χ1v) is 12.5. The first-order valence-electron chi connectivity index (χ1n) is 10.9. The number of carbonyl (C=O) groups is 1. The molecule has 0 radical (unpaired) electrons. The minimum Gasteiger partial charge on any atom is -0.348 e. The van der Waals surface area contributed by atoms with Gasteiger partial charge in [-0.3, -0.25) is 4.79 Å². The lowest BCUT2D eigenvalue weighted by Gasteiger charge is -2.31. The van der Waals surface area contributed by atoms with E-state index in [0.29, 0.717) is 38.0 Å². The van der Waals surface area contributed by atoms with Gasteiger partial charge in [-0.05, 0) is 57.6 Å². The van der Waals surface area contributed by atoms with Gasteiger partial charge < -0.3 is 5.32 Å². The third-order valence-corrected chi connectivity index (χ3v) is 8.14. The molecule has 1 aliphatic carbocycles. The molecule has 162 valence electrons. The summed E-state index contributed by atoms with van der Waals surface area (Å²) in [6, 6.07) is 8.16. The first-order chi connectivity index (χ1) is 14.4. The lowest BCUT2D eigenvalue weighted by Crippen LogP contribution is -2.47. The van der Waals surface area contributed by atoms with Crippen molar-refractivity contribution in [3.8, 4) is 5.69 Å². The van der Waals surface area contributed by atoms with Crippen molar-refractivity contribution in [2.75, 3.05) is 18.8 Å². The van der Waals surface area contributed by atoms with E-state index in [2.05, 4.69) is 29.5 Å². The molecule has 0 atom stereocenters. The number of carbonyl (C=O) groups excluding carboxylic acids is 1. The predicted molar refractivity (Wildman–Crippen MR) is 116 cm³/mol. The maximum atomic E-state index is 13.0. The lowest BCUT2D eigenvalue weighted by atomic mass is 10.1. The molecule has 1 saturated heterocycles. The van der Waals surface area contributed by atoms with E-state index in [-0.39, 0.29) is 17.7 Å². The van der Waals surface area contributed by atoms with Crippen molar-refractivity contribution in [3.05, 3.63) is 46.8 Å². The molecule has 4 rings (SSSR count). The number of nitrogens with one attached hydrogen (secondary N) is 1. The van der Waals surface area contributed by atoms with Crippen LogP contribution in [0.3, 0.4) is 0 Å². The SMILES string of the molecule is CCCS(=O)(=O)N1CCC(NC(=O)c2nn(-c3ccc(C)cc3)c3c2CCC3)CC1. The Morgan fingerprint density at radius 1 is 1.17 bits per heavy atom. The molecular weight excluding hydrogens is 400 g/mol. The van der Waals surface area contributed by atoms with Crippen LogP contribution in [-0.2, 0) is 22.9 Å². The molecule has 0 unspecified atom stereocenters. The lowest BCUT2D eigenvalue weighted by molar-refractivity contribution is 0.0917. The highest BCUT2D eigenvalue weighted by molar-refractivity contribution is 7.89. The maximum Gasteiger partial charge on any atom is 0.272 e. The monoisotopic (exact) mass is 430 g/mol. The average molecular weight is 431 g/mol. The standard InChI is InChI=1S/C22H30N4O3S/c1-3-15-30(28,29)25-13-11-17(12-14-25)23-22(27)21-19-5-4-6-20(19)26(24-21)18-9-7-16(2)8-10-18/h7-10,17H,3-6,11-15H2,1-2H3,(H,23,27). The summed E-state index contributed by atoms with van der Waals surface area (Å²) < 4.78 is 28.0. The van der Waals surface area contributed by atoms with Crippen LogP contribution in [-0.4, -0.2) is 53.3 Å². The second-order valence-corrected chi connectivity index (χ2v) is 10.4. The highest BCUT2D eigenvalue weighted by atomic mass is 32.2. The minimum absolute atomic E-state index is 0.0212. The van der Waals surface area contributed by atoms with Crippen molar-refractivity contribution < 1.29 is 13.2 Å². The number of benzene rings is 1. The number of sulfonamides is 1. The highest BCUT2D eigenvalue weighted by Crippen LogP contribution is 2.28. The molecule has 8 heteroatoms. The molecule has 1 fully saturated rings. The summed E-state index contributed by atoms with van der Waals surface area (Å²) in [4.78, 5) is 13.0. The number of hydrogen-bond acceptors (Lipinski definition) is 4. The summed E-state index contributed by atoms with van der Waals surface area (Å²) in [6.07, 6.45) is 4.72. The molecule has 2 heterocycles. The number of rotatable bonds is 6. The smallest absolute Gasteiger partial charge is 0.272 e. The van der Waals surface area contributed by atoms with Crippen LogP contribution in [0.5, 0.6) is 0 Å². The second-order valence-electron chi connectivity index (χ2n) is 8.34. The van der Waals surface area contributed by atoms with E-state index in [1.54, 1.807) is 4.31 Å². The number of hydrogen-bond donors (Lipinski definition) is 1. The Balaban J connectivity index is 1.46. The Hall–Kier alpha value is -2.19. The van der Waals surface area contributed by atoms with E-state index in [1.165, 1.54) is 5.56 Å². The number of fused-ring (bicyclic) bond motifs is 1. The third kappa shape index (κ3) is 4.16. The zero-order valence-corrected chi connectivity index (χ0v) is 18.5. The van der Waals surface area contributed by atoms with Crippen molar-refractivity contribution in [3.63, 3.8) is 0 Å². The molecule has 0 saturated carbocycles. The van der Waals surface area contributed by atoms with Crippen LogP contribution in [0.2, 0.25) is 0 Å². The summed E-state index contributed by atoms with van der Waals surface area (Å²) in [7, 11) is -3.17. The highest BCUT2D eigenvalue weighted by Gasteiger charge is 2.31. The largest absolute Gasteiger partial charge is 0.348 e. The number of amides is 1. The predicted octanol–water partition coefficient (Wildman–Crippen LogP) is 2.60. The Kier molecular flexibility index (Phi) is 5.97. The first kappa shape index (κ1) is 21.1. The van der Waals surface area contributed by atoms with Gasteiger partial charge in [0.15, 0.2) is 5.69 Å². The van der Waals surface area contributed by atoms with Gasteiger partial charge in [-0.25, -0.2) is 17.4 Å². The summed E-state index contributed by atoms with van der Waals surface area (Å²) in [6.45, 7) is 4.85. The Morgan fingerprint density at radius 2 is 1.87 bits per heavy atom. The van der Waals surface area contributed by atoms with Gasteiger partial charge in [0.25, 0.3) is 5.91 Å². The Bertz CT molecular complexity index is 1020. The summed E-state index contributed by atoms with van der Waals surface area (Å²) in [5.41, 5.74) is 4.87. The van der Waals surface area contributed by atoms with Crippen molar-refractivity contribution in [1.29, 1.82) is 0 Å². The number of aromatic nitrogens is 2. The fourth-order valence-corrected chi connectivity index (χ4v) is 5.98. The summed E-state index contributed by atoms with van der Waals surface area (Å²) in [5, 5.41) is 7.78. The van der Waals surface area contributed by atoms with Crippen molar-refractivity contribution in [1.82, 2.24) is 19.4 Å². The molecule has 2 aliphatic rings. The molecule has 1 aromatic heterocycles. The van der Waals surface area contributed by atoms with Gasteiger partial charge in [0.05, 0.1) is 11.4 Å². The van der Waals surface area contributed by atoms with Crippen LogP contribution < -0.4 is 5.32 Å². The molecule has 0 spiro atoms. The Morgan fingerprint density at radius 3 is 2.53 bits per heavy atom. The van der Waals surface area contributed by atoms with Gasteiger partial charge in [-0.1, -0.05) is 24.6 Å². The van der Waals surface area contributed by atoms with Crippen LogP contribution in [0, 0.1) is 6.92 Å². The fraction of sp³-hybridized carbons (Fsp3) is 0.545. The molecule has 0 bridgehead atoms. The van der Waals surface area contributed by atoms with Crippen molar-refractivity contribution >= 4 is 15.9 Å². The van der Waals surface area contributed by atoms with E-state index in [1.807, 2.05) is 23.7 Å². The normalized spacial score (nSPS) is 17.8. The van der Waals surface area contributed by atoms with E-state index in [4.69, 9.17) is 0 Å². The third-order valence-electron chi connectivity index (χ3n) is 6.07. The van der Waals surface area contributed by atoms with E-state index < -0.39 is 10.0 Å². The zero-order valence-electron chi connectivity index (χ0n) is 17.7. The van der Waals surface area contributed by atoms with Crippen LogP contribution >= 0.6 is 0 Å². The number of aryl methyl sites for hydroxylation is 1. The van der Waals surface area contributed by atoms with Crippen LogP contribution in [0.1, 0.15) is 59.9 Å². The average Bonchev–Trinajstić information content (AvgIpc) is 3.32. The second kappa shape index (κ2) is 8.51. The zero-order chi connectivity index (χ0) is 21.3. The number of nitrogens with zero attached hydrogens (tertiary/aromatic N) is 3. The topological polar surface area (TPSA) is 84.3 Å². The van der Waals surface area contributed by atoms with Crippen LogP contribution in [0.25, 0.3) is 5.69 Å². The van der Waals surface area contributed by atoms with Gasteiger partial charge in [0.2, 0.25) is 10.0 Å². The molecule has 2 aromatic rings. The van der Waals surface area contributed by atoms with Gasteiger partial charge in [0, 0.05) is 30.4 Å². The maximum absolute atomic E-state index is 13.0.